The van der Waals surface area contributed by atoms with Gasteiger partial charge in [-0.15, -0.1) is 11.8 Å². The first-order valence-electron chi connectivity index (χ1n) is 9.83. The zero-order valence-electron chi connectivity index (χ0n) is 17.0. The van der Waals surface area contributed by atoms with E-state index in [1.807, 2.05) is 43.3 Å². The maximum atomic E-state index is 6.26. The molecule has 0 aliphatic heterocycles. The van der Waals surface area contributed by atoms with Gasteiger partial charge in [0.05, 0.1) is 19.8 Å². The first-order chi connectivity index (χ1) is 13.7. The monoisotopic (exact) mass is 400 g/mol. The first-order valence-corrected chi connectivity index (χ1v) is 10.9. The van der Waals surface area contributed by atoms with Gasteiger partial charge in [0.25, 0.3) is 0 Å². The molecule has 2 atom stereocenters. The topological polar surface area (TPSA) is 27.7 Å². The lowest BCUT2D eigenvalue weighted by Crippen LogP contribution is -2.34. The summed E-state index contributed by atoms with van der Waals surface area (Å²) in [6, 6.07) is 20.4. The van der Waals surface area contributed by atoms with Gasteiger partial charge in [0.2, 0.25) is 0 Å². The van der Waals surface area contributed by atoms with Gasteiger partial charge in [-0.1, -0.05) is 79.7 Å². The molecule has 0 saturated carbocycles. The van der Waals surface area contributed by atoms with E-state index in [0.717, 1.165) is 28.9 Å². The van der Waals surface area contributed by atoms with E-state index in [1.165, 1.54) is 0 Å². The molecule has 0 saturated heterocycles. The quantitative estimate of drug-likeness (QED) is 0.294. The standard InChI is InChI=1S/C24H32O3S/c1-4-15-26-24(28-19-20(2)3)23(27-17-22-13-9-6-10-14-22)18-25-16-21-11-7-5-8-12-21/h5-14,23-24H,2,4,15-19H2,1,3H3. The van der Waals surface area contributed by atoms with Gasteiger partial charge < -0.3 is 14.2 Å². The third-order valence-corrected chi connectivity index (χ3v) is 5.41. The normalized spacial score (nSPS) is 13.2. The lowest BCUT2D eigenvalue weighted by molar-refractivity contribution is -0.0819. The van der Waals surface area contributed by atoms with E-state index < -0.39 is 0 Å². The van der Waals surface area contributed by atoms with Crippen LogP contribution in [0.1, 0.15) is 31.4 Å². The fourth-order valence-electron chi connectivity index (χ4n) is 2.57. The minimum atomic E-state index is -0.153. The Morgan fingerprint density at radius 1 is 0.929 bits per heavy atom. The molecule has 2 aromatic rings. The Morgan fingerprint density at radius 3 is 2.11 bits per heavy atom. The minimum Gasteiger partial charge on any atom is -0.374 e. The second-order valence-corrected chi connectivity index (χ2v) is 7.93. The van der Waals surface area contributed by atoms with Gasteiger partial charge in [0, 0.05) is 12.4 Å². The summed E-state index contributed by atoms with van der Waals surface area (Å²) in [7, 11) is 0. The molecule has 0 aliphatic carbocycles. The molecule has 0 heterocycles. The molecule has 0 spiro atoms. The summed E-state index contributed by atoms with van der Waals surface area (Å²) < 4.78 is 18.4. The van der Waals surface area contributed by atoms with Crippen LogP contribution in [0.4, 0.5) is 0 Å². The SMILES string of the molecule is C=C(C)CSC(OCCC)C(COCc1ccccc1)OCc1ccccc1. The van der Waals surface area contributed by atoms with Crippen LogP contribution >= 0.6 is 11.8 Å². The largest absolute Gasteiger partial charge is 0.374 e. The van der Waals surface area contributed by atoms with Crippen LogP contribution < -0.4 is 0 Å². The van der Waals surface area contributed by atoms with Crippen molar-refractivity contribution in [2.45, 2.75) is 45.0 Å². The molecule has 4 heteroatoms. The van der Waals surface area contributed by atoms with Gasteiger partial charge in [-0.2, -0.15) is 0 Å². The van der Waals surface area contributed by atoms with Crippen molar-refractivity contribution in [2.75, 3.05) is 19.0 Å². The van der Waals surface area contributed by atoms with Crippen molar-refractivity contribution in [2.24, 2.45) is 0 Å². The minimum absolute atomic E-state index is 0.0869. The number of thioether (sulfide) groups is 1. The van der Waals surface area contributed by atoms with E-state index in [2.05, 4.69) is 37.8 Å². The molecule has 0 fully saturated rings. The van der Waals surface area contributed by atoms with Crippen LogP contribution in [0.5, 0.6) is 0 Å². The van der Waals surface area contributed by atoms with E-state index in [1.54, 1.807) is 11.8 Å². The Balaban J connectivity index is 1.99. The highest BCUT2D eigenvalue weighted by atomic mass is 32.2. The molecule has 2 unspecified atom stereocenters. The van der Waals surface area contributed by atoms with Gasteiger partial charge in [0.1, 0.15) is 11.5 Å². The summed E-state index contributed by atoms with van der Waals surface area (Å²) in [5.41, 5.74) is 3.35. The highest BCUT2D eigenvalue weighted by Gasteiger charge is 2.24. The Morgan fingerprint density at radius 2 is 1.54 bits per heavy atom. The van der Waals surface area contributed by atoms with Crippen LogP contribution in [-0.2, 0) is 27.4 Å². The summed E-state index contributed by atoms with van der Waals surface area (Å²) in [6.07, 6.45) is 0.820. The van der Waals surface area contributed by atoms with Crippen molar-refractivity contribution in [3.05, 3.63) is 83.9 Å². The van der Waals surface area contributed by atoms with Gasteiger partial charge in [0.15, 0.2) is 0 Å². The molecule has 0 radical (unpaired) electrons. The van der Waals surface area contributed by atoms with Crippen LogP contribution in [-0.4, -0.2) is 30.5 Å². The molecule has 2 aromatic carbocycles. The van der Waals surface area contributed by atoms with E-state index in [9.17, 15) is 0 Å². The van der Waals surface area contributed by atoms with Crippen LogP contribution in [0.3, 0.4) is 0 Å². The van der Waals surface area contributed by atoms with E-state index in [0.29, 0.717) is 26.4 Å². The Hall–Kier alpha value is -1.59. The Labute approximate surface area is 174 Å². The number of hydrogen-bond acceptors (Lipinski definition) is 4. The lowest BCUT2D eigenvalue weighted by atomic mass is 10.2. The molecule has 28 heavy (non-hydrogen) atoms. The molecule has 0 N–H and O–H groups in total. The fourth-order valence-corrected chi connectivity index (χ4v) is 3.58. The summed E-state index contributed by atoms with van der Waals surface area (Å²) in [4.78, 5) is 0. The summed E-state index contributed by atoms with van der Waals surface area (Å²) in [5.74, 6) is 0.845. The number of ether oxygens (including phenoxy) is 3. The van der Waals surface area contributed by atoms with Gasteiger partial charge in [-0.25, -0.2) is 0 Å². The Kier molecular flexibility index (Phi) is 11.0. The van der Waals surface area contributed by atoms with Crippen LogP contribution in [0.2, 0.25) is 0 Å². The van der Waals surface area contributed by atoms with Crippen molar-refractivity contribution in [1.29, 1.82) is 0 Å². The summed E-state index contributed by atoms with van der Waals surface area (Å²) in [5, 5.41) is 0. The molecule has 0 aliphatic rings. The van der Waals surface area contributed by atoms with Crippen molar-refractivity contribution in [3.8, 4) is 0 Å². The zero-order chi connectivity index (χ0) is 20.0. The van der Waals surface area contributed by atoms with Crippen LogP contribution in [0.15, 0.2) is 72.8 Å². The molecule has 0 aromatic heterocycles. The van der Waals surface area contributed by atoms with Crippen LogP contribution in [0, 0.1) is 0 Å². The molecule has 0 amide bonds. The highest BCUT2D eigenvalue weighted by molar-refractivity contribution is 7.99. The molecule has 3 nitrogen and oxygen atoms in total. The predicted molar refractivity (Wildman–Crippen MR) is 118 cm³/mol. The third-order valence-electron chi connectivity index (χ3n) is 3.98. The molecule has 2 rings (SSSR count). The van der Waals surface area contributed by atoms with Crippen molar-refractivity contribution < 1.29 is 14.2 Å². The maximum absolute atomic E-state index is 6.26. The zero-order valence-corrected chi connectivity index (χ0v) is 17.8. The highest BCUT2D eigenvalue weighted by Crippen LogP contribution is 2.23. The van der Waals surface area contributed by atoms with E-state index in [4.69, 9.17) is 14.2 Å². The second-order valence-electron chi connectivity index (χ2n) is 6.84. The van der Waals surface area contributed by atoms with Gasteiger partial charge >= 0.3 is 0 Å². The Bertz CT molecular complexity index is 660. The molecule has 0 bridgehead atoms. The average molecular weight is 401 g/mol. The number of hydrogen-bond donors (Lipinski definition) is 0. The van der Waals surface area contributed by atoms with E-state index >= 15 is 0 Å². The lowest BCUT2D eigenvalue weighted by Gasteiger charge is -2.27. The second kappa shape index (κ2) is 13.6. The first kappa shape index (κ1) is 22.7. The van der Waals surface area contributed by atoms with Crippen molar-refractivity contribution in [1.82, 2.24) is 0 Å². The average Bonchev–Trinajstić information content (AvgIpc) is 2.72. The summed E-state index contributed by atoms with van der Waals surface area (Å²) >= 11 is 1.73. The predicted octanol–water partition coefficient (Wildman–Crippen LogP) is 5.85. The number of benzene rings is 2. The maximum Gasteiger partial charge on any atom is 0.131 e. The van der Waals surface area contributed by atoms with Crippen molar-refractivity contribution >= 4 is 11.8 Å². The van der Waals surface area contributed by atoms with Crippen LogP contribution in [0.25, 0.3) is 0 Å². The number of rotatable bonds is 14. The molecular formula is C24H32O3S. The molecule has 152 valence electrons. The smallest absolute Gasteiger partial charge is 0.131 e. The third kappa shape index (κ3) is 9.07. The van der Waals surface area contributed by atoms with Gasteiger partial charge in [-0.3, -0.25) is 0 Å². The summed E-state index contributed by atoms with van der Waals surface area (Å²) in [6.45, 7) is 10.5. The van der Waals surface area contributed by atoms with E-state index in [-0.39, 0.29) is 11.5 Å². The van der Waals surface area contributed by atoms with Crippen molar-refractivity contribution in [3.63, 3.8) is 0 Å². The molecular weight excluding hydrogens is 368 g/mol. The van der Waals surface area contributed by atoms with Gasteiger partial charge in [-0.05, 0) is 24.5 Å². The fraction of sp³-hybridized carbons (Fsp3) is 0.417.